The SMILES string of the molecule is [2H]c1c([2H])c([2H])c(-c2nc(-c3ccc(-n4c5ccccc5c5ccc6c7ccccc7n(-c7nc(-c8c([2H])c([2H])c([2H])c([2H])c8[2H])nc(-c8c([2H])c([2H])c([2H])c([2H])c8[2H])n7)c6c54)cc3)nc(-c3c([2H])c([2H])c([2H])c([2H])c3[2H])n2)c([2H])c1[2H]. The molecular formula is C54H34N8. The van der Waals surface area contributed by atoms with Crippen molar-refractivity contribution in [3.63, 3.8) is 0 Å². The molecule has 0 bridgehead atoms. The minimum absolute atomic E-state index is 0.158. The Balaban J connectivity index is 1.14. The highest BCUT2D eigenvalue weighted by molar-refractivity contribution is 6.23. The second-order valence-corrected chi connectivity index (χ2v) is 13.7. The van der Waals surface area contributed by atoms with E-state index in [4.69, 9.17) is 37.4 Å². The lowest BCUT2D eigenvalue weighted by atomic mass is 10.1. The van der Waals surface area contributed by atoms with Gasteiger partial charge in [-0.1, -0.05) is 169 Å². The Hall–Kier alpha value is -8.62. The zero-order valence-electron chi connectivity index (χ0n) is 51.7. The first-order valence-corrected chi connectivity index (χ1v) is 18.9. The van der Waals surface area contributed by atoms with Crippen LogP contribution in [0.4, 0.5) is 0 Å². The molecule has 0 atom stereocenters. The summed E-state index contributed by atoms with van der Waals surface area (Å²) in [6.45, 7) is 0. The maximum Gasteiger partial charge on any atom is 0.238 e. The first-order chi connectivity index (χ1) is 39.0. The van der Waals surface area contributed by atoms with E-state index >= 15 is 0 Å². The van der Waals surface area contributed by atoms with E-state index in [-0.39, 0.29) is 17.3 Å². The van der Waals surface area contributed by atoms with Crippen LogP contribution < -0.4 is 0 Å². The van der Waals surface area contributed by atoms with Crippen LogP contribution >= 0.6 is 0 Å². The summed E-state index contributed by atoms with van der Waals surface area (Å²) in [7, 11) is 0. The number of para-hydroxylation sites is 2. The van der Waals surface area contributed by atoms with Crippen molar-refractivity contribution in [2.24, 2.45) is 0 Å². The summed E-state index contributed by atoms with van der Waals surface area (Å²) in [5.41, 5.74) is 1.27. The van der Waals surface area contributed by atoms with Crippen molar-refractivity contribution in [3.05, 3.63) is 206 Å². The van der Waals surface area contributed by atoms with E-state index in [0.29, 0.717) is 43.9 Å². The van der Waals surface area contributed by atoms with Gasteiger partial charge in [0, 0.05) is 55.0 Å². The molecule has 12 rings (SSSR count). The topological polar surface area (TPSA) is 87.2 Å². The molecule has 0 saturated heterocycles. The van der Waals surface area contributed by atoms with E-state index in [0.717, 1.165) is 5.39 Å². The molecule has 4 aromatic heterocycles. The standard InChI is InChI=1S/C54H34N8/c1-5-17-35(18-6-1)49-55-50(36-19-7-2-8-20-36)57-51(56-49)39-29-31-40(32-30-39)61-45-27-15-13-25-41(45)43-33-34-44-42-26-14-16-28-46(42)62(48(44)47(43)61)54-59-52(37-21-9-3-10-22-37)58-53(60-54)38-23-11-4-12-24-38/h1-34H/i1D,2D,3D,4D,5D,6D,7D,8D,9D,10D,11D,12D,17D,18D,19D,20D,21D,22D,23D,24D. The fraction of sp³-hybridized carbons (Fsp3) is 0. The molecule has 0 N–H and O–H groups in total. The highest BCUT2D eigenvalue weighted by Crippen LogP contribution is 2.42. The molecule has 0 spiro atoms. The van der Waals surface area contributed by atoms with Crippen molar-refractivity contribution >= 4 is 43.6 Å². The van der Waals surface area contributed by atoms with Gasteiger partial charge in [0.25, 0.3) is 0 Å². The molecular weight excluding hydrogens is 761 g/mol. The minimum Gasteiger partial charge on any atom is -0.307 e. The number of hydrogen-bond donors (Lipinski definition) is 0. The lowest BCUT2D eigenvalue weighted by Crippen LogP contribution is -2.07. The third-order valence-electron chi connectivity index (χ3n) is 10.2. The lowest BCUT2D eigenvalue weighted by molar-refractivity contribution is 0.953. The van der Waals surface area contributed by atoms with E-state index in [1.807, 2.05) is 53.1 Å². The predicted octanol–water partition coefficient (Wildman–Crippen LogP) is 12.6. The van der Waals surface area contributed by atoms with Gasteiger partial charge in [0.05, 0.1) is 49.5 Å². The molecule has 0 radical (unpaired) electrons. The third-order valence-corrected chi connectivity index (χ3v) is 10.2. The number of fused-ring (bicyclic) bond motifs is 7. The molecule has 0 amide bonds. The third kappa shape index (κ3) is 5.92. The normalized spacial score (nSPS) is 16.1. The van der Waals surface area contributed by atoms with Crippen LogP contribution in [0.15, 0.2) is 206 Å². The van der Waals surface area contributed by atoms with Gasteiger partial charge < -0.3 is 4.57 Å². The van der Waals surface area contributed by atoms with E-state index in [1.54, 1.807) is 41.0 Å². The molecule has 0 aliphatic rings. The van der Waals surface area contributed by atoms with Crippen molar-refractivity contribution in [2.75, 3.05) is 0 Å². The Morgan fingerprint density at radius 2 is 0.661 bits per heavy atom. The molecule has 0 unspecified atom stereocenters. The second-order valence-electron chi connectivity index (χ2n) is 13.7. The van der Waals surface area contributed by atoms with Crippen molar-refractivity contribution in [1.29, 1.82) is 0 Å². The van der Waals surface area contributed by atoms with Crippen LogP contribution in [0.2, 0.25) is 0 Å². The Morgan fingerprint density at radius 3 is 1.10 bits per heavy atom. The van der Waals surface area contributed by atoms with Crippen molar-refractivity contribution in [2.45, 2.75) is 0 Å². The van der Waals surface area contributed by atoms with Crippen LogP contribution in [-0.4, -0.2) is 39.0 Å². The Bertz CT molecular complexity index is 4540. The average Bonchev–Trinajstić information content (AvgIpc) is 4.22. The number of benzene rings is 8. The number of hydrogen-bond acceptors (Lipinski definition) is 6. The zero-order valence-corrected chi connectivity index (χ0v) is 31.7. The summed E-state index contributed by atoms with van der Waals surface area (Å²) in [5, 5.41) is 2.83. The maximum atomic E-state index is 8.95. The van der Waals surface area contributed by atoms with Crippen molar-refractivity contribution < 1.29 is 27.4 Å². The minimum atomic E-state index is -0.698. The number of nitrogens with zero attached hydrogens (tertiary/aromatic N) is 8. The van der Waals surface area contributed by atoms with Crippen molar-refractivity contribution in [3.8, 4) is 68.6 Å². The van der Waals surface area contributed by atoms with Gasteiger partial charge in [0.15, 0.2) is 29.1 Å². The van der Waals surface area contributed by atoms with Gasteiger partial charge >= 0.3 is 0 Å². The molecule has 290 valence electrons. The molecule has 4 heterocycles. The molecule has 8 aromatic carbocycles. The Morgan fingerprint density at radius 1 is 0.306 bits per heavy atom. The molecule has 12 aromatic rings. The van der Waals surface area contributed by atoms with Gasteiger partial charge in [-0.15, -0.1) is 0 Å². The predicted molar refractivity (Wildman–Crippen MR) is 249 cm³/mol. The van der Waals surface area contributed by atoms with E-state index in [9.17, 15) is 0 Å². The molecule has 0 aliphatic carbocycles. The highest BCUT2D eigenvalue weighted by Gasteiger charge is 2.24. The largest absolute Gasteiger partial charge is 0.307 e. The van der Waals surface area contributed by atoms with Crippen LogP contribution in [0.5, 0.6) is 0 Å². The quantitative estimate of drug-likeness (QED) is 0.159. The summed E-state index contributed by atoms with van der Waals surface area (Å²) in [6, 6.07) is 11.7. The summed E-state index contributed by atoms with van der Waals surface area (Å²) >= 11 is 0. The molecule has 0 aliphatic heterocycles. The van der Waals surface area contributed by atoms with Crippen LogP contribution in [-0.2, 0) is 0 Å². The fourth-order valence-electron chi connectivity index (χ4n) is 7.60. The summed E-state index contributed by atoms with van der Waals surface area (Å²) in [4.78, 5) is 27.7. The second kappa shape index (κ2) is 14.6. The molecule has 0 saturated carbocycles. The van der Waals surface area contributed by atoms with Crippen LogP contribution in [0.1, 0.15) is 27.4 Å². The Kier molecular flexibility index (Phi) is 4.84. The number of aromatic nitrogens is 8. The molecule has 8 nitrogen and oxygen atoms in total. The monoisotopic (exact) mass is 814 g/mol. The van der Waals surface area contributed by atoms with Gasteiger partial charge in [-0.25, -0.2) is 19.9 Å². The molecule has 8 heteroatoms. The van der Waals surface area contributed by atoms with E-state index in [1.165, 1.54) is 0 Å². The van der Waals surface area contributed by atoms with Gasteiger partial charge in [-0.05, 0) is 36.4 Å². The zero-order chi connectivity index (χ0) is 58.4. The van der Waals surface area contributed by atoms with Crippen LogP contribution in [0, 0.1) is 0 Å². The summed E-state index contributed by atoms with van der Waals surface area (Å²) < 4.78 is 175. The Labute approximate surface area is 384 Å². The smallest absolute Gasteiger partial charge is 0.238 e. The van der Waals surface area contributed by atoms with E-state index in [2.05, 4.69) is 19.9 Å². The summed E-state index contributed by atoms with van der Waals surface area (Å²) in [5.74, 6) is -2.16. The van der Waals surface area contributed by atoms with Gasteiger partial charge in [-0.3, -0.25) is 4.57 Å². The van der Waals surface area contributed by atoms with Gasteiger partial charge in [0.2, 0.25) is 5.95 Å². The van der Waals surface area contributed by atoms with Crippen LogP contribution in [0.3, 0.4) is 0 Å². The maximum absolute atomic E-state index is 8.95. The van der Waals surface area contributed by atoms with Gasteiger partial charge in [0.1, 0.15) is 0 Å². The van der Waals surface area contributed by atoms with Crippen molar-refractivity contribution in [1.82, 2.24) is 39.0 Å². The first-order valence-electron chi connectivity index (χ1n) is 28.9. The highest BCUT2D eigenvalue weighted by atomic mass is 15.2. The molecule has 62 heavy (non-hydrogen) atoms. The first kappa shape index (κ1) is 20.6. The van der Waals surface area contributed by atoms with Crippen LogP contribution in [0.25, 0.3) is 112 Å². The lowest BCUT2D eigenvalue weighted by Gasteiger charge is -2.14. The fourth-order valence-corrected chi connectivity index (χ4v) is 7.60. The van der Waals surface area contributed by atoms with E-state index < -0.39 is 166 Å². The average molecular weight is 815 g/mol. The number of rotatable bonds is 7. The summed E-state index contributed by atoms with van der Waals surface area (Å²) in [6.07, 6.45) is 0. The van der Waals surface area contributed by atoms with Gasteiger partial charge in [-0.2, -0.15) is 9.97 Å². The molecule has 0 fully saturated rings.